The first kappa shape index (κ1) is 26.1. The van der Waals surface area contributed by atoms with Crippen LogP contribution in [0.3, 0.4) is 0 Å². The van der Waals surface area contributed by atoms with Gasteiger partial charge in [-0.3, -0.25) is 14.4 Å². The van der Waals surface area contributed by atoms with E-state index in [9.17, 15) is 19.2 Å². The lowest BCUT2D eigenvalue weighted by molar-refractivity contribution is -0.141. The van der Waals surface area contributed by atoms with E-state index in [2.05, 4.69) is 10.6 Å². The summed E-state index contributed by atoms with van der Waals surface area (Å²) in [5.41, 5.74) is -0.187. The standard InChI is InChI=1S/C22H38N2O6/c1-15(2)18(24-21(28)30-14-22(3,4)5)17(25)13-16-9-7-6-8-11-29-12-10-23-20(27)19(16)26/h15-16,18H,6-14H2,1-5H3,(H,23,27)(H,24,28). The molecule has 0 saturated carbocycles. The van der Waals surface area contributed by atoms with E-state index in [1.807, 2.05) is 34.6 Å². The predicted molar refractivity (Wildman–Crippen MR) is 113 cm³/mol. The predicted octanol–water partition coefficient (Wildman–Crippen LogP) is 2.63. The second kappa shape index (κ2) is 12.7. The number of carbonyl (C=O) groups is 4. The zero-order valence-corrected chi connectivity index (χ0v) is 19.0. The zero-order valence-electron chi connectivity index (χ0n) is 19.0. The van der Waals surface area contributed by atoms with Crippen LogP contribution in [0, 0.1) is 17.3 Å². The Labute approximate surface area is 179 Å². The Morgan fingerprint density at radius 1 is 1.17 bits per heavy atom. The van der Waals surface area contributed by atoms with Crippen molar-refractivity contribution in [3.05, 3.63) is 0 Å². The van der Waals surface area contributed by atoms with Crippen LogP contribution < -0.4 is 10.6 Å². The highest BCUT2D eigenvalue weighted by Gasteiger charge is 2.32. The van der Waals surface area contributed by atoms with E-state index in [0.717, 1.165) is 19.3 Å². The van der Waals surface area contributed by atoms with Gasteiger partial charge in [0, 0.05) is 25.5 Å². The summed E-state index contributed by atoms with van der Waals surface area (Å²) in [6.07, 6.45) is 2.19. The van der Waals surface area contributed by atoms with Crippen LogP contribution in [0.4, 0.5) is 4.79 Å². The summed E-state index contributed by atoms with van der Waals surface area (Å²) >= 11 is 0. The Hall–Kier alpha value is -1.96. The molecule has 8 nitrogen and oxygen atoms in total. The Morgan fingerprint density at radius 3 is 2.50 bits per heavy atom. The number of nitrogens with one attached hydrogen (secondary N) is 2. The van der Waals surface area contributed by atoms with Gasteiger partial charge in [0.1, 0.15) is 0 Å². The highest BCUT2D eigenvalue weighted by molar-refractivity contribution is 6.37. The molecule has 0 aromatic carbocycles. The number of alkyl carbamates (subject to hydrolysis) is 1. The molecule has 1 saturated heterocycles. The number of hydrogen-bond donors (Lipinski definition) is 2. The van der Waals surface area contributed by atoms with Crippen LogP contribution >= 0.6 is 0 Å². The smallest absolute Gasteiger partial charge is 0.407 e. The van der Waals surface area contributed by atoms with Crippen LogP contribution in [0.5, 0.6) is 0 Å². The minimum atomic E-state index is -0.775. The maximum absolute atomic E-state index is 12.9. The van der Waals surface area contributed by atoms with Gasteiger partial charge in [-0.1, -0.05) is 47.5 Å². The molecule has 0 aromatic rings. The second-order valence-corrected chi connectivity index (χ2v) is 9.45. The lowest BCUT2D eigenvalue weighted by Crippen LogP contribution is -2.46. The molecular weight excluding hydrogens is 388 g/mol. The third-order valence-corrected chi connectivity index (χ3v) is 4.84. The van der Waals surface area contributed by atoms with E-state index >= 15 is 0 Å². The van der Waals surface area contributed by atoms with Gasteiger partial charge in [0.15, 0.2) is 5.78 Å². The molecule has 0 aliphatic carbocycles. The molecule has 1 heterocycles. The minimum Gasteiger partial charge on any atom is -0.449 e. The minimum absolute atomic E-state index is 0.0782. The fourth-order valence-corrected chi connectivity index (χ4v) is 3.15. The van der Waals surface area contributed by atoms with Gasteiger partial charge in [-0.25, -0.2) is 4.79 Å². The third kappa shape index (κ3) is 10.2. The maximum atomic E-state index is 12.9. The lowest BCUT2D eigenvalue weighted by Gasteiger charge is -2.24. The molecule has 0 radical (unpaired) electrons. The molecule has 1 aliphatic rings. The van der Waals surface area contributed by atoms with Gasteiger partial charge in [0.25, 0.3) is 5.91 Å². The van der Waals surface area contributed by atoms with Crippen molar-refractivity contribution in [2.24, 2.45) is 17.3 Å². The molecule has 1 aliphatic heterocycles. The lowest BCUT2D eigenvalue weighted by atomic mass is 9.87. The summed E-state index contributed by atoms with van der Waals surface area (Å²) in [5.74, 6) is -2.39. The fourth-order valence-electron chi connectivity index (χ4n) is 3.15. The van der Waals surface area contributed by atoms with Crippen LogP contribution in [0.2, 0.25) is 0 Å². The van der Waals surface area contributed by atoms with E-state index in [-0.39, 0.29) is 36.7 Å². The zero-order chi connectivity index (χ0) is 22.7. The van der Waals surface area contributed by atoms with E-state index in [1.165, 1.54) is 0 Å². The highest BCUT2D eigenvalue weighted by Crippen LogP contribution is 2.19. The number of ketones is 2. The first-order valence-corrected chi connectivity index (χ1v) is 10.9. The Bertz CT molecular complexity index is 597. The summed E-state index contributed by atoms with van der Waals surface area (Å²) in [7, 11) is 0. The molecule has 8 heteroatoms. The first-order chi connectivity index (χ1) is 14.0. The van der Waals surface area contributed by atoms with Crippen LogP contribution in [0.15, 0.2) is 0 Å². The molecule has 1 rings (SSSR count). The van der Waals surface area contributed by atoms with E-state index in [0.29, 0.717) is 19.6 Å². The van der Waals surface area contributed by atoms with E-state index in [4.69, 9.17) is 9.47 Å². The summed E-state index contributed by atoms with van der Waals surface area (Å²) in [4.78, 5) is 49.9. The Balaban J connectivity index is 2.78. The number of amides is 2. The number of hydrogen-bond acceptors (Lipinski definition) is 6. The largest absolute Gasteiger partial charge is 0.449 e. The van der Waals surface area contributed by atoms with Crippen molar-refractivity contribution < 1.29 is 28.7 Å². The highest BCUT2D eigenvalue weighted by atomic mass is 16.5. The van der Waals surface area contributed by atoms with Crippen molar-refractivity contribution in [1.29, 1.82) is 0 Å². The van der Waals surface area contributed by atoms with Crippen LogP contribution in [0.1, 0.15) is 66.7 Å². The number of carbonyl (C=O) groups excluding carboxylic acids is 4. The van der Waals surface area contributed by atoms with Gasteiger partial charge in [0.05, 0.1) is 19.3 Å². The van der Waals surface area contributed by atoms with Gasteiger partial charge in [-0.2, -0.15) is 0 Å². The fraction of sp³-hybridized carbons (Fsp3) is 0.818. The average Bonchev–Trinajstić information content (AvgIpc) is 2.65. The molecule has 1 fully saturated rings. The van der Waals surface area contributed by atoms with Gasteiger partial charge in [-0.05, 0) is 24.2 Å². The van der Waals surface area contributed by atoms with Crippen molar-refractivity contribution in [1.82, 2.24) is 10.6 Å². The maximum Gasteiger partial charge on any atom is 0.407 e. The van der Waals surface area contributed by atoms with Crippen molar-refractivity contribution in [3.63, 3.8) is 0 Å². The molecule has 2 N–H and O–H groups in total. The van der Waals surface area contributed by atoms with Crippen molar-refractivity contribution in [2.75, 3.05) is 26.4 Å². The Morgan fingerprint density at radius 2 is 1.87 bits per heavy atom. The van der Waals surface area contributed by atoms with Crippen molar-refractivity contribution in [3.8, 4) is 0 Å². The number of rotatable bonds is 6. The van der Waals surface area contributed by atoms with Crippen LogP contribution in [-0.2, 0) is 23.9 Å². The molecule has 2 atom stereocenters. The molecule has 0 aromatic heterocycles. The number of Topliss-reactive ketones (excluding diaryl/α,β-unsaturated/α-hetero) is 2. The monoisotopic (exact) mass is 426 g/mol. The number of ether oxygens (including phenoxy) is 2. The van der Waals surface area contributed by atoms with Crippen molar-refractivity contribution in [2.45, 2.75) is 72.8 Å². The normalized spacial score (nSPS) is 20.5. The topological polar surface area (TPSA) is 111 Å². The van der Waals surface area contributed by atoms with E-state index in [1.54, 1.807) is 0 Å². The van der Waals surface area contributed by atoms with Gasteiger partial charge in [-0.15, -0.1) is 0 Å². The average molecular weight is 427 g/mol. The summed E-state index contributed by atoms with van der Waals surface area (Å²) in [5, 5.41) is 5.19. The van der Waals surface area contributed by atoms with E-state index < -0.39 is 29.7 Å². The Kier molecular flexibility index (Phi) is 11.0. The third-order valence-electron chi connectivity index (χ3n) is 4.84. The van der Waals surface area contributed by atoms with Crippen LogP contribution in [-0.4, -0.2) is 56.0 Å². The molecule has 0 spiro atoms. The molecule has 0 bridgehead atoms. The second-order valence-electron chi connectivity index (χ2n) is 9.45. The molecular formula is C22H38N2O6. The van der Waals surface area contributed by atoms with Crippen LogP contribution in [0.25, 0.3) is 0 Å². The summed E-state index contributed by atoms with van der Waals surface area (Å²) < 4.78 is 10.6. The quantitative estimate of drug-likeness (QED) is 0.632. The summed E-state index contributed by atoms with van der Waals surface area (Å²) in [6.45, 7) is 10.9. The molecule has 30 heavy (non-hydrogen) atoms. The molecule has 172 valence electrons. The van der Waals surface area contributed by atoms with Gasteiger partial charge < -0.3 is 20.1 Å². The molecule has 2 unspecified atom stereocenters. The summed E-state index contributed by atoms with van der Waals surface area (Å²) in [6, 6.07) is -0.775. The molecule has 2 amide bonds. The van der Waals surface area contributed by atoms with Gasteiger partial charge >= 0.3 is 6.09 Å². The SMILES string of the molecule is CC(C)C(NC(=O)OCC(C)(C)C)C(=O)CC1CCCCCOCCNC(=O)C1=O. The first-order valence-electron chi connectivity index (χ1n) is 10.9. The van der Waals surface area contributed by atoms with Gasteiger partial charge in [0.2, 0.25) is 5.78 Å². The van der Waals surface area contributed by atoms with Crippen molar-refractivity contribution >= 4 is 23.6 Å².